The number of hydrogen-bond acceptors (Lipinski definition) is 2. The number of rotatable bonds is 4. The lowest BCUT2D eigenvalue weighted by atomic mass is 9.95. The van der Waals surface area contributed by atoms with Gasteiger partial charge in [-0.15, -0.1) is 0 Å². The van der Waals surface area contributed by atoms with Crippen molar-refractivity contribution in [1.29, 1.82) is 0 Å². The normalized spacial score (nSPS) is 11.9. The van der Waals surface area contributed by atoms with Crippen LogP contribution in [0.25, 0.3) is 10.9 Å². The van der Waals surface area contributed by atoms with Crippen LogP contribution in [-0.4, -0.2) is 23.2 Å². The molecule has 0 unspecified atom stereocenters. The van der Waals surface area contributed by atoms with E-state index in [-0.39, 0.29) is 12.0 Å². The first kappa shape index (κ1) is 11.0. The van der Waals surface area contributed by atoms with Gasteiger partial charge in [-0.05, 0) is 12.1 Å². The summed E-state index contributed by atoms with van der Waals surface area (Å²) in [6.45, 7) is 4.99. The van der Waals surface area contributed by atoms with Crippen LogP contribution in [0.2, 0.25) is 0 Å². The third-order valence-corrected chi connectivity index (χ3v) is 2.72. The van der Waals surface area contributed by atoms with E-state index in [1.807, 2.05) is 26.0 Å². The Morgan fingerprint density at radius 2 is 2.06 bits per heavy atom. The Labute approximate surface area is 95.5 Å². The van der Waals surface area contributed by atoms with Crippen LogP contribution in [0.1, 0.15) is 13.8 Å². The van der Waals surface area contributed by atoms with Gasteiger partial charge in [0.2, 0.25) is 0 Å². The van der Waals surface area contributed by atoms with Gasteiger partial charge < -0.3 is 15.4 Å². The van der Waals surface area contributed by atoms with Gasteiger partial charge in [0.25, 0.3) is 0 Å². The van der Waals surface area contributed by atoms with Crippen LogP contribution in [0.3, 0.4) is 0 Å². The van der Waals surface area contributed by atoms with Crippen LogP contribution in [-0.2, 0) is 0 Å². The van der Waals surface area contributed by atoms with Gasteiger partial charge in [0.1, 0.15) is 5.82 Å². The number of hydrogen-bond donors (Lipinski definition) is 3. The topological polar surface area (TPSA) is 48.0 Å². The first-order valence-electron chi connectivity index (χ1n) is 5.53. The van der Waals surface area contributed by atoms with Crippen LogP contribution in [0.15, 0.2) is 30.3 Å². The van der Waals surface area contributed by atoms with Crippen molar-refractivity contribution in [1.82, 2.24) is 4.98 Å². The molecule has 0 amide bonds. The van der Waals surface area contributed by atoms with Crippen LogP contribution >= 0.6 is 0 Å². The molecule has 0 radical (unpaired) electrons. The molecule has 2 aromatic rings. The Morgan fingerprint density at radius 1 is 1.31 bits per heavy atom. The SMILES string of the molecule is CC(C)(CO)CNc1cc2ccccc2[nH]1. The monoisotopic (exact) mass is 218 g/mol. The standard InChI is InChI=1S/C13H18N2O/c1-13(2,9-16)8-14-12-7-10-5-3-4-6-11(10)15-12/h3-7,14-16H,8-9H2,1-2H3. The number of aromatic amines is 1. The fourth-order valence-corrected chi connectivity index (χ4v) is 1.56. The van der Waals surface area contributed by atoms with E-state index in [9.17, 15) is 0 Å². The van der Waals surface area contributed by atoms with Crippen molar-refractivity contribution in [3.63, 3.8) is 0 Å². The number of anilines is 1. The van der Waals surface area contributed by atoms with Crippen molar-refractivity contribution in [3.05, 3.63) is 30.3 Å². The first-order chi connectivity index (χ1) is 7.61. The lowest BCUT2D eigenvalue weighted by molar-refractivity contribution is 0.171. The van der Waals surface area contributed by atoms with Crippen LogP contribution < -0.4 is 5.32 Å². The first-order valence-corrected chi connectivity index (χ1v) is 5.53. The minimum atomic E-state index is -0.0999. The Kier molecular flexibility index (Phi) is 2.88. The van der Waals surface area contributed by atoms with E-state index in [4.69, 9.17) is 5.11 Å². The molecule has 2 rings (SSSR count). The second-order valence-corrected chi connectivity index (χ2v) is 4.95. The number of H-pyrrole nitrogens is 1. The largest absolute Gasteiger partial charge is 0.396 e. The number of aliphatic hydroxyl groups is 1. The van der Waals surface area contributed by atoms with Crippen LogP contribution in [0, 0.1) is 5.41 Å². The van der Waals surface area contributed by atoms with Crippen molar-refractivity contribution in [3.8, 4) is 0 Å². The van der Waals surface area contributed by atoms with Crippen molar-refractivity contribution >= 4 is 16.7 Å². The van der Waals surface area contributed by atoms with E-state index < -0.39 is 0 Å². The third-order valence-electron chi connectivity index (χ3n) is 2.72. The van der Waals surface area contributed by atoms with Crippen molar-refractivity contribution in [2.24, 2.45) is 5.41 Å². The summed E-state index contributed by atoms with van der Waals surface area (Å²) < 4.78 is 0. The summed E-state index contributed by atoms with van der Waals surface area (Å²) in [5, 5.41) is 13.7. The zero-order valence-electron chi connectivity index (χ0n) is 9.75. The van der Waals surface area contributed by atoms with Gasteiger partial charge in [0.15, 0.2) is 0 Å². The van der Waals surface area contributed by atoms with E-state index in [1.54, 1.807) is 0 Å². The van der Waals surface area contributed by atoms with Crippen molar-refractivity contribution in [2.45, 2.75) is 13.8 Å². The molecule has 0 atom stereocenters. The molecule has 86 valence electrons. The van der Waals surface area contributed by atoms with Gasteiger partial charge in [0.05, 0.1) is 0 Å². The molecule has 0 bridgehead atoms. The smallest absolute Gasteiger partial charge is 0.104 e. The molecule has 1 aromatic carbocycles. The molecule has 3 heteroatoms. The molecule has 3 N–H and O–H groups in total. The molecule has 0 aliphatic rings. The fourth-order valence-electron chi connectivity index (χ4n) is 1.56. The molecule has 3 nitrogen and oxygen atoms in total. The quantitative estimate of drug-likeness (QED) is 0.738. The average Bonchev–Trinajstić information content (AvgIpc) is 2.69. The third kappa shape index (κ3) is 2.36. The van der Waals surface area contributed by atoms with E-state index >= 15 is 0 Å². The Balaban J connectivity index is 2.10. The number of nitrogens with one attached hydrogen (secondary N) is 2. The van der Waals surface area contributed by atoms with Crippen LogP contribution in [0.4, 0.5) is 5.82 Å². The van der Waals surface area contributed by atoms with Gasteiger partial charge in [0, 0.05) is 29.5 Å². The molecule has 0 saturated carbocycles. The maximum absolute atomic E-state index is 9.16. The van der Waals surface area contributed by atoms with E-state index in [2.05, 4.69) is 28.5 Å². The summed E-state index contributed by atoms with van der Waals surface area (Å²) in [4.78, 5) is 3.30. The highest BCUT2D eigenvalue weighted by Gasteiger charge is 2.16. The van der Waals surface area contributed by atoms with Crippen molar-refractivity contribution in [2.75, 3.05) is 18.5 Å². The fraction of sp³-hybridized carbons (Fsp3) is 0.385. The summed E-state index contributed by atoms with van der Waals surface area (Å²) in [5.74, 6) is 1.00. The summed E-state index contributed by atoms with van der Waals surface area (Å²) in [6, 6.07) is 10.3. The predicted octanol–water partition coefficient (Wildman–Crippen LogP) is 2.60. The molecule has 16 heavy (non-hydrogen) atoms. The zero-order chi connectivity index (χ0) is 11.6. The molecular weight excluding hydrogens is 200 g/mol. The highest BCUT2D eigenvalue weighted by atomic mass is 16.3. The number of para-hydroxylation sites is 1. The summed E-state index contributed by atoms with van der Waals surface area (Å²) in [5.41, 5.74) is 1.03. The summed E-state index contributed by atoms with van der Waals surface area (Å²) in [6.07, 6.45) is 0. The highest BCUT2D eigenvalue weighted by molar-refractivity contribution is 5.83. The molecule has 0 spiro atoms. The molecule has 1 heterocycles. The number of aromatic nitrogens is 1. The predicted molar refractivity (Wildman–Crippen MR) is 67.7 cm³/mol. The molecule has 0 aliphatic heterocycles. The number of fused-ring (bicyclic) bond motifs is 1. The number of benzene rings is 1. The Bertz CT molecular complexity index is 440. The maximum Gasteiger partial charge on any atom is 0.104 e. The highest BCUT2D eigenvalue weighted by Crippen LogP contribution is 2.20. The van der Waals surface area contributed by atoms with Gasteiger partial charge in [-0.3, -0.25) is 0 Å². The molecular formula is C13H18N2O. The minimum absolute atomic E-state index is 0.0999. The molecule has 0 aliphatic carbocycles. The second-order valence-electron chi connectivity index (χ2n) is 4.95. The number of aliphatic hydroxyl groups excluding tert-OH is 1. The van der Waals surface area contributed by atoms with Gasteiger partial charge >= 0.3 is 0 Å². The van der Waals surface area contributed by atoms with E-state index in [1.165, 1.54) is 5.39 Å². The summed E-state index contributed by atoms with van der Waals surface area (Å²) in [7, 11) is 0. The van der Waals surface area contributed by atoms with E-state index in [0.29, 0.717) is 0 Å². The Morgan fingerprint density at radius 3 is 2.75 bits per heavy atom. The molecule has 1 aromatic heterocycles. The molecule has 0 saturated heterocycles. The lowest BCUT2D eigenvalue weighted by Crippen LogP contribution is -2.26. The van der Waals surface area contributed by atoms with Gasteiger partial charge in [-0.1, -0.05) is 32.0 Å². The van der Waals surface area contributed by atoms with E-state index in [0.717, 1.165) is 17.9 Å². The second kappa shape index (κ2) is 4.18. The maximum atomic E-state index is 9.16. The zero-order valence-corrected chi connectivity index (χ0v) is 9.75. The van der Waals surface area contributed by atoms with Crippen LogP contribution in [0.5, 0.6) is 0 Å². The summed E-state index contributed by atoms with van der Waals surface area (Å²) >= 11 is 0. The minimum Gasteiger partial charge on any atom is -0.396 e. The molecule has 0 fully saturated rings. The van der Waals surface area contributed by atoms with Crippen molar-refractivity contribution < 1.29 is 5.11 Å². The Hall–Kier alpha value is -1.48. The average molecular weight is 218 g/mol. The lowest BCUT2D eigenvalue weighted by Gasteiger charge is -2.21. The van der Waals surface area contributed by atoms with Gasteiger partial charge in [-0.2, -0.15) is 0 Å². The van der Waals surface area contributed by atoms with Gasteiger partial charge in [-0.25, -0.2) is 0 Å².